The zero-order chi connectivity index (χ0) is 14.4. The number of hydrogen-bond acceptors (Lipinski definition) is 3. The molecule has 3 N–H and O–H groups in total. The van der Waals surface area contributed by atoms with Crippen molar-refractivity contribution in [3.63, 3.8) is 0 Å². The molecule has 0 aliphatic carbocycles. The van der Waals surface area contributed by atoms with Crippen LogP contribution in [0.25, 0.3) is 0 Å². The number of hydrogen-bond donors (Lipinski definition) is 2. The van der Waals surface area contributed by atoms with E-state index >= 15 is 0 Å². The lowest BCUT2D eigenvalue weighted by atomic mass is 9.95. The maximum atomic E-state index is 12.3. The topological polar surface area (TPSA) is 67.6 Å². The summed E-state index contributed by atoms with van der Waals surface area (Å²) in [5.74, 6) is 1.27. The van der Waals surface area contributed by atoms with Crippen LogP contribution < -0.4 is 15.8 Å². The second-order valence-corrected chi connectivity index (χ2v) is 5.19. The molecule has 0 radical (unpaired) electrons. The number of ether oxygens (including phenoxy) is 1. The number of carbonyl (C=O) groups excluding carboxylic acids is 1. The molecule has 2 amide bonds. The molecule has 1 aliphatic heterocycles. The Kier molecular flexibility index (Phi) is 5.24. The Morgan fingerprint density at radius 1 is 1.55 bits per heavy atom. The summed E-state index contributed by atoms with van der Waals surface area (Å²) < 4.78 is 5.15. The number of nitrogens with zero attached hydrogens (tertiary/aromatic N) is 1. The maximum absolute atomic E-state index is 12.3. The molecule has 1 heterocycles. The van der Waals surface area contributed by atoms with Crippen molar-refractivity contribution in [1.29, 1.82) is 0 Å². The number of amides is 2. The van der Waals surface area contributed by atoms with Crippen LogP contribution in [-0.4, -0.2) is 37.7 Å². The smallest absolute Gasteiger partial charge is 0.321 e. The number of piperidine rings is 1. The Morgan fingerprint density at radius 3 is 3.15 bits per heavy atom. The van der Waals surface area contributed by atoms with Gasteiger partial charge in [0.1, 0.15) is 5.75 Å². The molecule has 20 heavy (non-hydrogen) atoms. The van der Waals surface area contributed by atoms with E-state index < -0.39 is 0 Å². The van der Waals surface area contributed by atoms with Crippen molar-refractivity contribution >= 4 is 11.7 Å². The van der Waals surface area contributed by atoms with Gasteiger partial charge in [-0.25, -0.2) is 4.79 Å². The van der Waals surface area contributed by atoms with Crippen LogP contribution in [0.5, 0.6) is 5.75 Å². The van der Waals surface area contributed by atoms with Gasteiger partial charge in [-0.1, -0.05) is 6.07 Å². The SMILES string of the molecule is COc1cccc(NC(=O)N2CCCC(CCN)C2)c1. The minimum atomic E-state index is -0.0417. The van der Waals surface area contributed by atoms with Crippen molar-refractivity contribution < 1.29 is 9.53 Å². The minimum Gasteiger partial charge on any atom is -0.497 e. The number of benzene rings is 1. The predicted octanol–water partition coefficient (Wildman–Crippen LogP) is 2.29. The Hall–Kier alpha value is -1.75. The summed E-state index contributed by atoms with van der Waals surface area (Å²) in [4.78, 5) is 14.1. The molecule has 0 spiro atoms. The van der Waals surface area contributed by atoms with Crippen molar-refractivity contribution in [1.82, 2.24) is 4.90 Å². The quantitative estimate of drug-likeness (QED) is 0.887. The van der Waals surface area contributed by atoms with Crippen LogP contribution in [-0.2, 0) is 0 Å². The highest BCUT2D eigenvalue weighted by Gasteiger charge is 2.23. The van der Waals surface area contributed by atoms with Gasteiger partial charge in [0.2, 0.25) is 0 Å². The third kappa shape index (κ3) is 3.87. The van der Waals surface area contributed by atoms with Crippen LogP contribution in [0.15, 0.2) is 24.3 Å². The first-order chi connectivity index (χ1) is 9.72. The molecule has 1 aromatic rings. The van der Waals surface area contributed by atoms with E-state index in [1.54, 1.807) is 7.11 Å². The summed E-state index contributed by atoms with van der Waals surface area (Å²) in [6.45, 7) is 2.31. The van der Waals surface area contributed by atoms with Crippen LogP contribution in [0, 0.1) is 5.92 Å². The Balaban J connectivity index is 1.93. The van der Waals surface area contributed by atoms with Gasteiger partial charge in [0, 0.05) is 24.8 Å². The molecule has 5 heteroatoms. The molecule has 0 bridgehead atoms. The molecule has 1 aliphatic rings. The van der Waals surface area contributed by atoms with Gasteiger partial charge in [0.15, 0.2) is 0 Å². The number of nitrogens with two attached hydrogens (primary N) is 1. The van der Waals surface area contributed by atoms with Crippen LogP contribution in [0.4, 0.5) is 10.5 Å². The average molecular weight is 277 g/mol. The molecule has 1 atom stereocenters. The first kappa shape index (κ1) is 14.7. The zero-order valence-electron chi connectivity index (χ0n) is 12.0. The average Bonchev–Trinajstić information content (AvgIpc) is 2.48. The molecule has 110 valence electrons. The van der Waals surface area contributed by atoms with E-state index in [1.165, 1.54) is 6.42 Å². The summed E-state index contributed by atoms with van der Waals surface area (Å²) in [5, 5.41) is 2.92. The molecule has 5 nitrogen and oxygen atoms in total. The summed E-state index contributed by atoms with van der Waals surface area (Å²) in [7, 11) is 1.61. The highest BCUT2D eigenvalue weighted by atomic mass is 16.5. The lowest BCUT2D eigenvalue weighted by molar-refractivity contribution is 0.175. The number of nitrogens with one attached hydrogen (secondary N) is 1. The second-order valence-electron chi connectivity index (χ2n) is 5.19. The lowest BCUT2D eigenvalue weighted by Crippen LogP contribution is -2.42. The maximum Gasteiger partial charge on any atom is 0.321 e. The molecule has 1 fully saturated rings. The van der Waals surface area contributed by atoms with E-state index in [0.717, 1.165) is 37.4 Å². The fourth-order valence-corrected chi connectivity index (χ4v) is 2.62. The van der Waals surface area contributed by atoms with Crippen molar-refractivity contribution in [2.75, 3.05) is 32.1 Å². The monoisotopic (exact) mass is 277 g/mol. The zero-order valence-corrected chi connectivity index (χ0v) is 12.0. The van der Waals surface area contributed by atoms with Crippen molar-refractivity contribution in [3.05, 3.63) is 24.3 Å². The van der Waals surface area contributed by atoms with E-state index in [-0.39, 0.29) is 6.03 Å². The van der Waals surface area contributed by atoms with Crippen molar-refractivity contribution in [3.8, 4) is 5.75 Å². The van der Waals surface area contributed by atoms with E-state index in [2.05, 4.69) is 5.32 Å². The fourth-order valence-electron chi connectivity index (χ4n) is 2.62. The molecular formula is C15H23N3O2. The molecule has 0 saturated carbocycles. The molecular weight excluding hydrogens is 254 g/mol. The third-order valence-electron chi connectivity index (χ3n) is 3.70. The van der Waals surface area contributed by atoms with Crippen LogP contribution in [0.2, 0.25) is 0 Å². The fraction of sp³-hybridized carbons (Fsp3) is 0.533. The first-order valence-electron chi connectivity index (χ1n) is 7.13. The summed E-state index contributed by atoms with van der Waals surface area (Å²) in [6, 6.07) is 7.36. The minimum absolute atomic E-state index is 0.0417. The number of carbonyl (C=O) groups is 1. The van der Waals surface area contributed by atoms with E-state index in [4.69, 9.17) is 10.5 Å². The summed E-state index contributed by atoms with van der Waals surface area (Å²) in [6.07, 6.45) is 3.21. The van der Waals surface area contributed by atoms with Gasteiger partial charge in [-0.05, 0) is 43.9 Å². The summed E-state index contributed by atoms with van der Waals surface area (Å²) >= 11 is 0. The second kappa shape index (κ2) is 7.14. The normalized spacial score (nSPS) is 18.7. The first-order valence-corrected chi connectivity index (χ1v) is 7.13. The molecule has 0 aromatic heterocycles. The Labute approximate surface area is 120 Å². The Morgan fingerprint density at radius 2 is 2.40 bits per heavy atom. The van der Waals surface area contributed by atoms with Crippen LogP contribution >= 0.6 is 0 Å². The highest BCUT2D eigenvalue weighted by Crippen LogP contribution is 2.21. The van der Waals surface area contributed by atoms with Crippen LogP contribution in [0.3, 0.4) is 0 Å². The van der Waals surface area contributed by atoms with Crippen molar-refractivity contribution in [2.45, 2.75) is 19.3 Å². The van der Waals surface area contributed by atoms with Crippen molar-refractivity contribution in [2.24, 2.45) is 11.7 Å². The number of likely N-dealkylation sites (tertiary alicyclic amines) is 1. The molecule has 1 saturated heterocycles. The lowest BCUT2D eigenvalue weighted by Gasteiger charge is -2.32. The van der Waals surface area contributed by atoms with Gasteiger partial charge < -0.3 is 20.7 Å². The van der Waals surface area contributed by atoms with Gasteiger partial charge in [-0.15, -0.1) is 0 Å². The molecule has 1 aromatic carbocycles. The Bertz CT molecular complexity index is 448. The predicted molar refractivity (Wildman–Crippen MR) is 80.0 cm³/mol. The molecule has 1 unspecified atom stereocenters. The van der Waals surface area contributed by atoms with E-state index in [0.29, 0.717) is 12.5 Å². The number of rotatable bonds is 4. The highest BCUT2D eigenvalue weighted by molar-refractivity contribution is 5.89. The van der Waals surface area contributed by atoms with Gasteiger partial charge in [0.25, 0.3) is 0 Å². The van der Waals surface area contributed by atoms with E-state index in [9.17, 15) is 4.79 Å². The molecule has 2 rings (SSSR count). The van der Waals surface area contributed by atoms with Crippen LogP contribution in [0.1, 0.15) is 19.3 Å². The van der Waals surface area contributed by atoms with Gasteiger partial charge in [0.05, 0.1) is 7.11 Å². The largest absolute Gasteiger partial charge is 0.497 e. The van der Waals surface area contributed by atoms with Gasteiger partial charge in [-0.3, -0.25) is 0 Å². The number of anilines is 1. The number of urea groups is 1. The summed E-state index contributed by atoms with van der Waals surface area (Å²) in [5.41, 5.74) is 6.36. The van der Waals surface area contributed by atoms with Gasteiger partial charge in [-0.2, -0.15) is 0 Å². The third-order valence-corrected chi connectivity index (χ3v) is 3.70. The van der Waals surface area contributed by atoms with Gasteiger partial charge >= 0.3 is 6.03 Å². The standard InChI is InChI=1S/C15H23N3O2/c1-20-14-6-2-5-13(10-14)17-15(19)18-9-3-4-12(11-18)7-8-16/h2,5-6,10,12H,3-4,7-9,11,16H2,1H3,(H,17,19). The van der Waals surface area contributed by atoms with E-state index in [1.807, 2.05) is 29.2 Å². The number of methoxy groups -OCH3 is 1.